The van der Waals surface area contributed by atoms with Gasteiger partial charge < -0.3 is 15.4 Å². The number of aliphatic imine (C=N–C) groups is 1. The fourth-order valence-electron chi connectivity index (χ4n) is 3.53. The highest BCUT2D eigenvalue weighted by molar-refractivity contribution is 5.79. The molecule has 1 fully saturated rings. The van der Waals surface area contributed by atoms with Crippen LogP contribution >= 0.6 is 0 Å². The van der Waals surface area contributed by atoms with E-state index in [1.807, 2.05) is 24.3 Å². The largest absolute Gasteiger partial charge is 0.378 e. The summed E-state index contributed by atoms with van der Waals surface area (Å²) in [6.07, 6.45) is 6.66. The number of guanidine groups is 1. The van der Waals surface area contributed by atoms with Crippen LogP contribution in [0.1, 0.15) is 57.1 Å². The molecule has 0 bridgehead atoms. The van der Waals surface area contributed by atoms with Crippen molar-refractivity contribution in [3.63, 3.8) is 0 Å². The average molecular weight is 357 g/mol. The van der Waals surface area contributed by atoms with E-state index < -0.39 is 0 Å². The molecule has 2 N–H and O–H groups in total. The molecule has 0 aliphatic heterocycles. The van der Waals surface area contributed by atoms with Crippen LogP contribution in [0.2, 0.25) is 0 Å². The Morgan fingerprint density at radius 1 is 1.23 bits per heavy atom. The Balaban J connectivity index is 1.84. The third kappa shape index (κ3) is 6.68. The van der Waals surface area contributed by atoms with Crippen LogP contribution in [-0.4, -0.2) is 31.8 Å². The van der Waals surface area contributed by atoms with Crippen LogP contribution in [0.15, 0.2) is 29.3 Å². The molecule has 1 atom stereocenters. The van der Waals surface area contributed by atoms with Gasteiger partial charge in [0.25, 0.3) is 0 Å². The molecule has 5 heteroatoms. The summed E-state index contributed by atoms with van der Waals surface area (Å²) in [5, 5.41) is 15.6. The van der Waals surface area contributed by atoms with E-state index in [9.17, 15) is 0 Å². The van der Waals surface area contributed by atoms with Gasteiger partial charge in [0.15, 0.2) is 5.96 Å². The van der Waals surface area contributed by atoms with Gasteiger partial charge in [0.2, 0.25) is 0 Å². The molecule has 0 amide bonds. The quantitative estimate of drug-likeness (QED) is 0.524. The molecule has 1 aliphatic rings. The minimum absolute atomic E-state index is 0.358. The maximum atomic E-state index is 8.87. The Morgan fingerprint density at radius 2 is 1.96 bits per heavy atom. The van der Waals surface area contributed by atoms with Crippen molar-refractivity contribution in [3.05, 3.63) is 35.4 Å². The summed E-state index contributed by atoms with van der Waals surface area (Å²) in [5.41, 5.74) is 1.77. The molecule has 0 aromatic heterocycles. The van der Waals surface area contributed by atoms with Crippen LogP contribution in [0, 0.1) is 17.2 Å². The predicted octanol–water partition coefficient (Wildman–Crippen LogP) is 3.60. The molecule has 0 radical (unpaired) electrons. The summed E-state index contributed by atoms with van der Waals surface area (Å²) in [6, 6.07) is 9.71. The van der Waals surface area contributed by atoms with Crippen molar-refractivity contribution in [3.8, 4) is 6.07 Å². The van der Waals surface area contributed by atoms with Gasteiger partial charge in [-0.25, -0.2) is 4.99 Å². The van der Waals surface area contributed by atoms with Gasteiger partial charge in [-0.2, -0.15) is 5.26 Å². The Bertz CT molecular complexity index is 585. The molecule has 142 valence electrons. The van der Waals surface area contributed by atoms with Crippen LogP contribution in [0.4, 0.5) is 0 Å². The molecular weight excluding hydrogens is 324 g/mol. The Labute approximate surface area is 157 Å². The molecule has 1 aromatic carbocycles. The lowest BCUT2D eigenvalue weighted by Crippen LogP contribution is -2.39. The van der Waals surface area contributed by atoms with Crippen molar-refractivity contribution >= 4 is 5.96 Å². The predicted molar refractivity (Wildman–Crippen MR) is 106 cm³/mol. The first kappa shape index (κ1) is 20.3. The Morgan fingerprint density at radius 3 is 2.58 bits per heavy atom. The lowest BCUT2D eigenvalue weighted by molar-refractivity contribution is 0.0169. The molecule has 1 aromatic rings. The molecule has 0 saturated heterocycles. The van der Waals surface area contributed by atoms with E-state index in [0.29, 0.717) is 18.2 Å². The third-order valence-electron chi connectivity index (χ3n) is 4.87. The molecule has 1 unspecified atom stereocenters. The molecule has 0 heterocycles. The highest BCUT2D eigenvalue weighted by Gasteiger charge is 2.25. The molecule has 1 aliphatic carbocycles. The van der Waals surface area contributed by atoms with Gasteiger partial charge in [0, 0.05) is 19.7 Å². The standard InChI is InChI=1S/C21H32N4O/c1-3-23-21(25-16-18-11-9-17(15-22)10-12-18)24-14-13-20(26-4-2)19-7-5-6-8-19/h9-12,19-20H,3-8,13-14,16H2,1-2H3,(H2,23,24,25). The highest BCUT2D eigenvalue weighted by atomic mass is 16.5. The molecule has 2 rings (SSSR count). The van der Waals surface area contributed by atoms with Gasteiger partial charge in [0.05, 0.1) is 24.3 Å². The van der Waals surface area contributed by atoms with E-state index in [1.165, 1.54) is 25.7 Å². The number of nitrogens with one attached hydrogen (secondary N) is 2. The lowest BCUT2D eigenvalue weighted by atomic mass is 9.98. The first-order valence-electron chi connectivity index (χ1n) is 9.89. The molecule has 0 spiro atoms. The van der Waals surface area contributed by atoms with E-state index in [0.717, 1.165) is 43.6 Å². The van der Waals surface area contributed by atoms with Gasteiger partial charge in [-0.15, -0.1) is 0 Å². The van der Waals surface area contributed by atoms with Crippen LogP contribution in [0.5, 0.6) is 0 Å². The fraction of sp³-hybridized carbons (Fsp3) is 0.619. The Kier molecular flexibility index (Phi) is 8.99. The minimum Gasteiger partial charge on any atom is -0.378 e. The Hall–Kier alpha value is -2.06. The minimum atomic E-state index is 0.358. The van der Waals surface area contributed by atoms with Crippen molar-refractivity contribution in [1.82, 2.24) is 10.6 Å². The fourth-order valence-corrected chi connectivity index (χ4v) is 3.53. The maximum Gasteiger partial charge on any atom is 0.191 e. The maximum absolute atomic E-state index is 8.87. The first-order chi connectivity index (χ1) is 12.8. The number of rotatable bonds is 9. The van der Waals surface area contributed by atoms with Crippen molar-refractivity contribution in [1.29, 1.82) is 5.26 Å². The van der Waals surface area contributed by atoms with Gasteiger partial charge in [-0.3, -0.25) is 0 Å². The van der Waals surface area contributed by atoms with Crippen molar-refractivity contribution in [2.75, 3.05) is 19.7 Å². The molecule has 26 heavy (non-hydrogen) atoms. The SMILES string of the molecule is CCNC(=NCc1ccc(C#N)cc1)NCCC(OCC)C1CCCC1. The number of benzene rings is 1. The van der Waals surface area contributed by atoms with Gasteiger partial charge in [-0.05, 0) is 56.7 Å². The molecular formula is C21H32N4O. The number of nitrogens with zero attached hydrogens (tertiary/aromatic N) is 2. The average Bonchev–Trinajstić information content (AvgIpc) is 3.20. The number of ether oxygens (including phenoxy) is 1. The molecule has 1 saturated carbocycles. The number of hydrogen-bond acceptors (Lipinski definition) is 3. The first-order valence-corrected chi connectivity index (χ1v) is 9.89. The normalized spacial score (nSPS) is 16.3. The van der Waals surface area contributed by atoms with Crippen LogP contribution in [-0.2, 0) is 11.3 Å². The topological polar surface area (TPSA) is 69.4 Å². The second kappa shape index (κ2) is 11.5. The summed E-state index contributed by atoms with van der Waals surface area (Å²) in [6.45, 7) is 7.22. The van der Waals surface area contributed by atoms with E-state index in [1.54, 1.807) is 0 Å². The van der Waals surface area contributed by atoms with E-state index in [2.05, 4.69) is 35.5 Å². The van der Waals surface area contributed by atoms with Crippen molar-refractivity contribution in [2.24, 2.45) is 10.9 Å². The van der Waals surface area contributed by atoms with Crippen molar-refractivity contribution < 1.29 is 4.74 Å². The third-order valence-corrected chi connectivity index (χ3v) is 4.87. The van der Waals surface area contributed by atoms with Gasteiger partial charge >= 0.3 is 0 Å². The number of nitriles is 1. The van der Waals surface area contributed by atoms with Crippen LogP contribution in [0.3, 0.4) is 0 Å². The summed E-state index contributed by atoms with van der Waals surface area (Å²) in [7, 11) is 0. The number of hydrogen-bond donors (Lipinski definition) is 2. The second-order valence-electron chi connectivity index (χ2n) is 6.76. The van der Waals surface area contributed by atoms with E-state index in [4.69, 9.17) is 10.00 Å². The summed E-state index contributed by atoms with van der Waals surface area (Å²) < 4.78 is 5.99. The van der Waals surface area contributed by atoms with Gasteiger partial charge in [0.1, 0.15) is 0 Å². The van der Waals surface area contributed by atoms with Crippen LogP contribution < -0.4 is 10.6 Å². The molecule has 5 nitrogen and oxygen atoms in total. The zero-order chi connectivity index (χ0) is 18.6. The summed E-state index contributed by atoms with van der Waals surface area (Å²) in [4.78, 5) is 4.65. The zero-order valence-electron chi connectivity index (χ0n) is 16.1. The van der Waals surface area contributed by atoms with E-state index in [-0.39, 0.29) is 0 Å². The highest BCUT2D eigenvalue weighted by Crippen LogP contribution is 2.30. The van der Waals surface area contributed by atoms with Crippen LogP contribution in [0.25, 0.3) is 0 Å². The zero-order valence-corrected chi connectivity index (χ0v) is 16.1. The summed E-state index contributed by atoms with van der Waals surface area (Å²) in [5.74, 6) is 1.55. The van der Waals surface area contributed by atoms with Crippen molar-refractivity contribution in [2.45, 2.75) is 58.6 Å². The monoisotopic (exact) mass is 356 g/mol. The van der Waals surface area contributed by atoms with Gasteiger partial charge in [-0.1, -0.05) is 25.0 Å². The lowest BCUT2D eigenvalue weighted by Gasteiger charge is -2.24. The summed E-state index contributed by atoms with van der Waals surface area (Å²) >= 11 is 0. The smallest absolute Gasteiger partial charge is 0.191 e. The van der Waals surface area contributed by atoms with E-state index >= 15 is 0 Å². The second-order valence-corrected chi connectivity index (χ2v) is 6.76.